The van der Waals surface area contributed by atoms with Gasteiger partial charge >= 0.3 is 6.09 Å². The number of nitrogens with two attached hydrogens (primary N) is 1. The molecule has 0 heterocycles. The van der Waals surface area contributed by atoms with Crippen LogP contribution in [0.1, 0.15) is 44.0 Å². The third kappa shape index (κ3) is 7.99. The van der Waals surface area contributed by atoms with Crippen LogP contribution in [-0.2, 0) is 4.74 Å². The Balaban J connectivity index is 2.18. The number of ether oxygens (including phenoxy) is 1. The van der Waals surface area contributed by atoms with Crippen molar-refractivity contribution < 1.29 is 27.5 Å². The summed E-state index contributed by atoms with van der Waals surface area (Å²) in [6.07, 6.45) is 3.00. The molecule has 2 unspecified atom stereocenters. The maximum absolute atomic E-state index is 13.4. The molecule has 5 nitrogen and oxygen atoms in total. The fourth-order valence-corrected chi connectivity index (χ4v) is 4.66. The van der Waals surface area contributed by atoms with Gasteiger partial charge in [0.25, 0.3) is 5.91 Å². The Labute approximate surface area is 205 Å². The molecule has 0 fully saturated rings. The van der Waals surface area contributed by atoms with Gasteiger partial charge in [-0.25, -0.2) is 18.0 Å². The van der Waals surface area contributed by atoms with E-state index in [2.05, 4.69) is 12.2 Å². The van der Waals surface area contributed by atoms with Crippen LogP contribution in [0.15, 0.2) is 46.9 Å². The van der Waals surface area contributed by atoms with Gasteiger partial charge in [0.15, 0.2) is 17.5 Å². The Kier molecular flexibility index (Phi) is 10.3. The number of thioether (sulfide) groups is 1. The first kappa shape index (κ1) is 27.6. The number of nitrogens with one attached hydrogen (secondary N) is 1. The van der Waals surface area contributed by atoms with E-state index >= 15 is 0 Å². The molecular weight excluding hydrogens is 489 g/mol. The van der Waals surface area contributed by atoms with Gasteiger partial charge in [-0.15, -0.1) is 11.8 Å². The Morgan fingerprint density at radius 2 is 1.85 bits per heavy atom. The molecule has 2 atom stereocenters. The predicted octanol–water partition coefficient (Wildman–Crippen LogP) is 6.95. The van der Waals surface area contributed by atoms with Crippen molar-refractivity contribution in [3.63, 3.8) is 0 Å². The molecule has 0 spiro atoms. The lowest BCUT2D eigenvalue weighted by Crippen LogP contribution is -2.16. The summed E-state index contributed by atoms with van der Waals surface area (Å²) in [5.74, 6) is -4.90. The highest BCUT2D eigenvalue weighted by molar-refractivity contribution is 8.00. The molecule has 2 amide bonds. The normalized spacial score (nSPS) is 13.3. The summed E-state index contributed by atoms with van der Waals surface area (Å²) in [4.78, 5) is 24.1. The molecule has 184 valence electrons. The summed E-state index contributed by atoms with van der Waals surface area (Å²) in [7, 11) is 0. The number of amides is 2. The van der Waals surface area contributed by atoms with Gasteiger partial charge in [-0.2, -0.15) is 0 Å². The number of hydrogen-bond donors (Lipinski definition) is 2. The average Bonchev–Trinajstić information content (AvgIpc) is 2.77. The van der Waals surface area contributed by atoms with Crippen LogP contribution >= 0.6 is 23.4 Å². The smallest absolute Gasteiger partial charge is 0.404 e. The van der Waals surface area contributed by atoms with Crippen LogP contribution in [-0.4, -0.2) is 23.9 Å². The van der Waals surface area contributed by atoms with Gasteiger partial charge in [0.05, 0.1) is 5.02 Å². The van der Waals surface area contributed by atoms with Gasteiger partial charge in [-0.05, 0) is 43.0 Å². The first-order valence-electron chi connectivity index (χ1n) is 10.5. The lowest BCUT2D eigenvalue weighted by atomic mass is 9.98. The van der Waals surface area contributed by atoms with Crippen LogP contribution in [0, 0.1) is 23.4 Å². The zero-order valence-electron chi connectivity index (χ0n) is 19.0. The van der Waals surface area contributed by atoms with Crippen molar-refractivity contribution in [2.45, 2.75) is 43.8 Å². The molecule has 2 aromatic rings. The Morgan fingerprint density at radius 1 is 1.21 bits per heavy atom. The number of primary amides is 1. The van der Waals surface area contributed by atoms with Crippen molar-refractivity contribution in [3.8, 4) is 0 Å². The highest BCUT2D eigenvalue weighted by atomic mass is 35.5. The van der Waals surface area contributed by atoms with Crippen molar-refractivity contribution in [2.24, 2.45) is 11.7 Å². The van der Waals surface area contributed by atoms with E-state index in [4.69, 9.17) is 22.1 Å². The minimum atomic E-state index is -1.61. The second-order valence-electron chi connectivity index (χ2n) is 7.75. The lowest BCUT2D eigenvalue weighted by Gasteiger charge is -2.22. The molecule has 0 saturated carbocycles. The minimum absolute atomic E-state index is 0.0552. The molecule has 0 aliphatic heterocycles. The lowest BCUT2D eigenvalue weighted by molar-refractivity contribution is 0.102. The molecule has 0 aromatic heterocycles. The molecular formula is C24H26ClF3N2O3S. The standard InChI is InChI=1S/C24H26ClF3N2O3S/c1-4-5-15(8-13(2)12-33-24(29)32)14(3)34-21-9-16(6-7-18(21)25)23(31)30-17-10-19(26)22(28)20(27)11-17/h6-11,14-15H,4-5,12H2,1-3H3,(H2,29,32)(H,30,31)/b13-8+. The summed E-state index contributed by atoms with van der Waals surface area (Å²) in [6, 6.07) is 6.04. The molecule has 0 aliphatic rings. The van der Waals surface area contributed by atoms with E-state index in [-0.39, 0.29) is 29.0 Å². The van der Waals surface area contributed by atoms with Crippen molar-refractivity contribution in [2.75, 3.05) is 11.9 Å². The van der Waals surface area contributed by atoms with Crippen LogP contribution in [0.2, 0.25) is 5.02 Å². The zero-order chi connectivity index (χ0) is 25.4. The fraction of sp³-hybridized carbons (Fsp3) is 0.333. The first-order valence-corrected chi connectivity index (χ1v) is 11.8. The molecule has 0 aliphatic carbocycles. The second-order valence-corrected chi connectivity index (χ2v) is 9.58. The SMILES string of the molecule is CCCC(/C=C(\C)COC(N)=O)C(C)Sc1cc(C(=O)Nc2cc(F)c(F)c(F)c2)ccc1Cl. The maximum atomic E-state index is 13.4. The summed E-state index contributed by atoms with van der Waals surface area (Å²) < 4.78 is 44.9. The third-order valence-electron chi connectivity index (χ3n) is 4.91. The summed E-state index contributed by atoms with van der Waals surface area (Å²) in [6.45, 7) is 6.04. The Bertz CT molecular complexity index is 1060. The van der Waals surface area contributed by atoms with E-state index < -0.39 is 29.5 Å². The number of hydrogen-bond acceptors (Lipinski definition) is 4. The van der Waals surface area contributed by atoms with Gasteiger partial charge in [-0.3, -0.25) is 4.79 Å². The van der Waals surface area contributed by atoms with Gasteiger partial charge in [0.2, 0.25) is 0 Å². The molecule has 10 heteroatoms. The number of benzene rings is 2. The van der Waals surface area contributed by atoms with Gasteiger partial charge in [-0.1, -0.05) is 37.9 Å². The number of allylic oxidation sites excluding steroid dienone is 1. The van der Waals surface area contributed by atoms with Crippen LogP contribution in [0.3, 0.4) is 0 Å². The summed E-state index contributed by atoms with van der Waals surface area (Å²) >= 11 is 7.83. The Hall–Kier alpha value is -2.65. The van der Waals surface area contributed by atoms with Crippen molar-refractivity contribution in [1.29, 1.82) is 0 Å². The highest BCUT2D eigenvalue weighted by Crippen LogP contribution is 2.36. The van der Waals surface area contributed by atoms with Crippen molar-refractivity contribution in [1.82, 2.24) is 0 Å². The molecule has 0 bridgehead atoms. The van der Waals surface area contributed by atoms with E-state index in [1.807, 2.05) is 19.9 Å². The molecule has 2 aromatic carbocycles. The molecule has 2 rings (SSSR count). The van der Waals surface area contributed by atoms with E-state index in [0.29, 0.717) is 22.1 Å². The van der Waals surface area contributed by atoms with Gasteiger partial charge in [0, 0.05) is 33.5 Å². The average molecular weight is 515 g/mol. The largest absolute Gasteiger partial charge is 0.445 e. The highest BCUT2D eigenvalue weighted by Gasteiger charge is 2.19. The molecule has 34 heavy (non-hydrogen) atoms. The molecule has 0 saturated heterocycles. The maximum Gasteiger partial charge on any atom is 0.404 e. The second kappa shape index (κ2) is 12.7. The third-order valence-corrected chi connectivity index (χ3v) is 6.67. The van der Waals surface area contributed by atoms with Crippen molar-refractivity contribution in [3.05, 3.63) is 70.0 Å². The monoisotopic (exact) mass is 514 g/mol. The van der Waals surface area contributed by atoms with Crippen LogP contribution in [0.25, 0.3) is 0 Å². The van der Waals surface area contributed by atoms with Crippen LogP contribution in [0.5, 0.6) is 0 Å². The number of rotatable bonds is 10. The minimum Gasteiger partial charge on any atom is -0.445 e. The Morgan fingerprint density at radius 3 is 2.44 bits per heavy atom. The zero-order valence-corrected chi connectivity index (χ0v) is 20.5. The van der Waals surface area contributed by atoms with Gasteiger partial charge < -0.3 is 15.8 Å². The molecule has 0 radical (unpaired) electrons. The number of halogens is 4. The number of carbonyl (C=O) groups excluding carboxylic acids is 2. The number of carbonyl (C=O) groups is 2. The van der Waals surface area contributed by atoms with Crippen LogP contribution in [0.4, 0.5) is 23.7 Å². The quantitative estimate of drug-likeness (QED) is 0.204. The first-order chi connectivity index (χ1) is 16.0. The van der Waals surface area contributed by atoms with E-state index in [1.54, 1.807) is 12.1 Å². The van der Waals surface area contributed by atoms with Gasteiger partial charge in [0.1, 0.15) is 6.61 Å². The predicted molar refractivity (Wildman–Crippen MR) is 129 cm³/mol. The summed E-state index contributed by atoms with van der Waals surface area (Å²) in [5.41, 5.74) is 5.90. The fourth-order valence-electron chi connectivity index (χ4n) is 3.24. The molecule has 3 N–H and O–H groups in total. The van der Waals surface area contributed by atoms with E-state index in [9.17, 15) is 22.8 Å². The number of anilines is 1. The van der Waals surface area contributed by atoms with E-state index in [1.165, 1.54) is 17.8 Å². The van der Waals surface area contributed by atoms with E-state index in [0.717, 1.165) is 18.4 Å². The van der Waals surface area contributed by atoms with Crippen molar-refractivity contribution >= 4 is 41.1 Å². The topological polar surface area (TPSA) is 81.4 Å². The summed E-state index contributed by atoms with van der Waals surface area (Å²) in [5, 5.41) is 2.86. The van der Waals surface area contributed by atoms with Crippen LogP contribution < -0.4 is 11.1 Å².